The normalized spacial score (nSPS) is 14.6. The largest absolute Gasteiger partial charge is 0.477 e. The van der Waals surface area contributed by atoms with Crippen molar-refractivity contribution in [2.24, 2.45) is 5.92 Å². The van der Waals surface area contributed by atoms with E-state index in [1.54, 1.807) is 12.3 Å². The minimum Gasteiger partial charge on any atom is -0.477 e. The van der Waals surface area contributed by atoms with Crippen LogP contribution in [0.5, 0.6) is 5.88 Å². The summed E-state index contributed by atoms with van der Waals surface area (Å²) in [6, 6.07) is 3.60. The summed E-state index contributed by atoms with van der Waals surface area (Å²) in [6.45, 7) is 6.49. The predicted octanol–water partition coefficient (Wildman–Crippen LogP) is 3.30. The second kappa shape index (κ2) is 6.28. The van der Waals surface area contributed by atoms with Crippen LogP contribution in [0.25, 0.3) is 0 Å². The number of amides is 1. The van der Waals surface area contributed by atoms with Gasteiger partial charge in [-0.3, -0.25) is 4.79 Å². The monoisotopic (exact) mass is 331 g/mol. The summed E-state index contributed by atoms with van der Waals surface area (Å²) >= 11 is 1.52. The van der Waals surface area contributed by atoms with E-state index >= 15 is 0 Å². The summed E-state index contributed by atoms with van der Waals surface area (Å²) in [4.78, 5) is 21.2. The van der Waals surface area contributed by atoms with Crippen molar-refractivity contribution in [1.29, 1.82) is 0 Å². The molecule has 1 saturated carbocycles. The van der Waals surface area contributed by atoms with Gasteiger partial charge >= 0.3 is 0 Å². The number of aromatic nitrogens is 2. The molecule has 0 radical (unpaired) electrons. The average Bonchev–Trinajstić information content (AvgIpc) is 3.15. The number of nitrogens with zero attached hydrogens (tertiary/aromatic N) is 2. The second-order valence-electron chi connectivity index (χ2n) is 6.49. The molecule has 6 heteroatoms. The average molecular weight is 331 g/mol. The van der Waals surface area contributed by atoms with Crippen LogP contribution in [0, 0.1) is 12.8 Å². The lowest BCUT2D eigenvalue weighted by Gasteiger charge is -2.23. The first-order chi connectivity index (χ1) is 11.0. The second-order valence-corrected chi connectivity index (χ2v) is 7.38. The van der Waals surface area contributed by atoms with Gasteiger partial charge in [0.1, 0.15) is 10.7 Å². The highest BCUT2D eigenvalue weighted by atomic mass is 32.1. The molecule has 1 amide bonds. The van der Waals surface area contributed by atoms with Gasteiger partial charge in [-0.15, -0.1) is 11.3 Å². The number of hydrogen-bond acceptors (Lipinski definition) is 5. The molecule has 122 valence electrons. The highest BCUT2D eigenvalue weighted by molar-refractivity contribution is 7.09. The Morgan fingerprint density at radius 3 is 2.87 bits per heavy atom. The number of aryl methyl sites for hydroxylation is 1. The van der Waals surface area contributed by atoms with Crippen molar-refractivity contribution in [3.05, 3.63) is 40.0 Å². The van der Waals surface area contributed by atoms with E-state index in [9.17, 15) is 4.79 Å². The van der Waals surface area contributed by atoms with Gasteiger partial charge in [-0.1, -0.05) is 6.07 Å². The Morgan fingerprint density at radius 1 is 1.43 bits per heavy atom. The van der Waals surface area contributed by atoms with E-state index in [1.165, 1.54) is 24.2 Å². The van der Waals surface area contributed by atoms with Crippen molar-refractivity contribution in [3.63, 3.8) is 0 Å². The number of rotatable bonds is 6. The molecule has 0 unspecified atom stereocenters. The van der Waals surface area contributed by atoms with Gasteiger partial charge in [-0.05, 0) is 45.6 Å². The minimum atomic E-state index is -0.535. The summed E-state index contributed by atoms with van der Waals surface area (Å²) in [5.74, 6) is 0.982. The van der Waals surface area contributed by atoms with Crippen molar-refractivity contribution in [3.8, 4) is 5.88 Å². The van der Waals surface area contributed by atoms with Crippen LogP contribution in [-0.2, 0) is 5.54 Å². The van der Waals surface area contributed by atoms with Gasteiger partial charge in [-0.2, -0.15) is 0 Å². The van der Waals surface area contributed by atoms with Crippen molar-refractivity contribution in [1.82, 2.24) is 15.3 Å². The first-order valence-corrected chi connectivity index (χ1v) is 8.66. The number of pyridine rings is 1. The lowest BCUT2D eigenvalue weighted by atomic mass is 10.1. The Balaban J connectivity index is 1.72. The first kappa shape index (κ1) is 15.9. The maximum absolute atomic E-state index is 12.5. The van der Waals surface area contributed by atoms with E-state index in [4.69, 9.17) is 4.74 Å². The fourth-order valence-electron chi connectivity index (χ4n) is 2.20. The lowest BCUT2D eigenvalue weighted by molar-refractivity contribution is 0.0905. The molecule has 23 heavy (non-hydrogen) atoms. The zero-order valence-corrected chi connectivity index (χ0v) is 14.4. The molecule has 0 spiro atoms. The Kier molecular flexibility index (Phi) is 4.35. The van der Waals surface area contributed by atoms with E-state index < -0.39 is 5.54 Å². The zero-order chi connectivity index (χ0) is 16.4. The van der Waals surface area contributed by atoms with Crippen LogP contribution in [0.15, 0.2) is 23.7 Å². The van der Waals surface area contributed by atoms with Crippen molar-refractivity contribution < 1.29 is 9.53 Å². The highest BCUT2D eigenvalue weighted by Gasteiger charge is 2.27. The maximum atomic E-state index is 12.5. The van der Waals surface area contributed by atoms with Gasteiger partial charge < -0.3 is 10.1 Å². The van der Waals surface area contributed by atoms with Gasteiger partial charge in [0.25, 0.3) is 5.91 Å². The number of nitrogens with one attached hydrogen (secondary N) is 1. The van der Waals surface area contributed by atoms with Gasteiger partial charge in [0.05, 0.1) is 12.1 Å². The third-order valence-corrected chi connectivity index (χ3v) is 4.93. The number of carbonyl (C=O) groups excluding carboxylic acids is 1. The summed E-state index contributed by atoms with van der Waals surface area (Å²) < 4.78 is 5.75. The summed E-state index contributed by atoms with van der Waals surface area (Å²) in [7, 11) is 0. The zero-order valence-electron chi connectivity index (χ0n) is 13.6. The first-order valence-electron chi connectivity index (χ1n) is 7.78. The third-order valence-electron chi connectivity index (χ3n) is 3.83. The molecule has 1 N–H and O–H groups in total. The van der Waals surface area contributed by atoms with E-state index in [0.717, 1.165) is 10.6 Å². The lowest BCUT2D eigenvalue weighted by Crippen LogP contribution is -2.41. The SMILES string of the molecule is Cc1ccc(C(=O)NC(C)(C)c2nccs2)nc1OCC1CC1. The van der Waals surface area contributed by atoms with Crippen LogP contribution in [0.4, 0.5) is 0 Å². The quantitative estimate of drug-likeness (QED) is 0.882. The van der Waals surface area contributed by atoms with Crippen LogP contribution in [0.3, 0.4) is 0 Å². The molecule has 0 aliphatic heterocycles. The number of ether oxygens (including phenoxy) is 1. The molecule has 1 aliphatic rings. The van der Waals surface area contributed by atoms with Gasteiger partial charge in [0.2, 0.25) is 5.88 Å². The van der Waals surface area contributed by atoms with Crippen molar-refractivity contribution >= 4 is 17.2 Å². The van der Waals surface area contributed by atoms with Gasteiger partial charge in [0, 0.05) is 17.1 Å². The van der Waals surface area contributed by atoms with Crippen LogP contribution < -0.4 is 10.1 Å². The van der Waals surface area contributed by atoms with Crippen LogP contribution in [0.1, 0.15) is 47.7 Å². The van der Waals surface area contributed by atoms with Crippen molar-refractivity contribution in [2.45, 2.75) is 39.2 Å². The fourth-order valence-corrected chi connectivity index (χ4v) is 2.92. The molecular formula is C17H21N3O2S. The smallest absolute Gasteiger partial charge is 0.270 e. The molecule has 2 aromatic rings. The number of hydrogen-bond donors (Lipinski definition) is 1. The van der Waals surface area contributed by atoms with E-state index in [2.05, 4.69) is 15.3 Å². The maximum Gasteiger partial charge on any atom is 0.270 e. The molecule has 0 aromatic carbocycles. The Bertz CT molecular complexity index is 694. The number of carbonyl (C=O) groups is 1. The highest BCUT2D eigenvalue weighted by Crippen LogP contribution is 2.30. The molecule has 2 heterocycles. The van der Waals surface area contributed by atoms with E-state index in [-0.39, 0.29) is 5.91 Å². The topological polar surface area (TPSA) is 64.1 Å². The molecule has 3 rings (SSSR count). The molecule has 1 aliphatic carbocycles. The molecule has 0 saturated heterocycles. The van der Waals surface area contributed by atoms with E-state index in [0.29, 0.717) is 24.1 Å². The molecular weight excluding hydrogens is 310 g/mol. The number of thiazole rings is 1. The molecule has 0 bridgehead atoms. The summed E-state index contributed by atoms with van der Waals surface area (Å²) in [5.41, 5.74) is 0.778. The Hall–Kier alpha value is -1.95. The van der Waals surface area contributed by atoms with Crippen LogP contribution in [-0.4, -0.2) is 22.5 Å². The Labute approximate surface area is 140 Å². The minimum absolute atomic E-state index is 0.221. The predicted molar refractivity (Wildman–Crippen MR) is 89.8 cm³/mol. The molecule has 2 aromatic heterocycles. The Morgan fingerprint density at radius 2 is 2.22 bits per heavy atom. The summed E-state index contributed by atoms with van der Waals surface area (Å²) in [5, 5.41) is 5.75. The van der Waals surface area contributed by atoms with Crippen LogP contribution >= 0.6 is 11.3 Å². The van der Waals surface area contributed by atoms with Crippen LogP contribution in [0.2, 0.25) is 0 Å². The standard InChI is InChI=1S/C17H21N3O2S/c1-11-4-7-13(19-15(11)22-10-12-5-6-12)14(21)20-17(2,3)16-18-8-9-23-16/h4,7-9,12H,5-6,10H2,1-3H3,(H,20,21). The summed E-state index contributed by atoms with van der Waals surface area (Å²) in [6.07, 6.45) is 4.18. The molecule has 1 fully saturated rings. The fraction of sp³-hybridized carbons (Fsp3) is 0.471. The van der Waals surface area contributed by atoms with Gasteiger partial charge in [-0.25, -0.2) is 9.97 Å². The van der Waals surface area contributed by atoms with Gasteiger partial charge in [0.15, 0.2) is 0 Å². The van der Waals surface area contributed by atoms with Crippen molar-refractivity contribution in [2.75, 3.05) is 6.61 Å². The molecule has 5 nitrogen and oxygen atoms in total. The molecule has 0 atom stereocenters. The third kappa shape index (κ3) is 3.88. The van der Waals surface area contributed by atoms with E-state index in [1.807, 2.05) is 32.2 Å².